The molecular formula is C12H17NO2. The number of aliphatic carboxylic acids is 1. The second-order valence-electron chi connectivity index (χ2n) is 3.83. The van der Waals surface area contributed by atoms with E-state index in [1.54, 1.807) is 6.92 Å². The summed E-state index contributed by atoms with van der Waals surface area (Å²) in [4.78, 5) is 11.2. The molecule has 0 saturated carbocycles. The Bertz CT molecular complexity index is 345. The molecule has 0 bridgehead atoms. The molecule has 1 aromatic rings. The van der Waals surface area contributed by atoms with Crippen LogP contribution in [0.15, 0.2) is 24.3 Å². The van der Waals surface area contributed by atoms with Crippen molar-refractivity contribution in [1.29, 1.82) is 0 Å². The maximum atomic E-state index is 11.2. The van der Waals surface area contributed by atoms with E-state index in [4.69, 9.17) is 0 Å². The molecule has 1 aromatic carbocycles. The molecule has 1 atom stereocenters. The lowest BCUT2D eigenvalue weighted by atomic mass is 9.91. The minimum Gasteiger partial charge on any atom is -0.480 e. The highest BCUT2D eigenvalue weighted by Crippen LogP contribution is 2.21. The number of carbonyl (C=O) groups is 1. The van der Waals surface area contributed by atoms with E-state index in [1.165, 1.54) is 0 Å². The lowest BCUT2D eigenvalue weighted by Gasteiger charge is -2.26. The fraction of sp³-hybridized carbons (Fsp3) is 0.417. The molecule has 1 unspecified atom stereocenters. The standard InChI is InChI=1S/C12H17NO2/c1-4-13-12(3,11(14)15)10-7-5-9(2)6-8-10/h5-8,13H,4H2,1-3H3,(H,14,15). The van der Waals surface area contributed by atoms with Crippen LogP contribution in [0.2, 0.25) is 0 Å². The number of nitrogens with one attached hydrogen (secondary N) is 1. The maximum Gasteiger partial charge on any atom is 0.328 e. The van der Waals surface area contributed by atoms with E-state index in [0.717, 1.165) is 11.1 Å². The van der Waals surface area contributed by atoms with Crippen LogP contribution < -0.4 is 5.32 Å². The van der Waals surface area contributed by atoms with Crippen molar-refractivity contribution in [2.24, 2.45) is 0 Å². The number of hydrogen-bond acceptors (Lipinski definition) is 2. The monoisotopic (exact) mass is 207 g/mol. The average Bonchev–Trinajstić information content (AvgIpc) is 2.18. The van der Waals surface area contributed by atoms with Gasteiger partial charge in [0.15, 0.2) is 0 Å². The Kier molecular flexibility index (Phi) is 3.48. The Balaban J connectivity index is 3.09. The summed E-state index contributed by atoms with van der Waals surface area (Å²) in [6.07, 6.45) is 0. The van der Waals surface area contributed by atoms with Crippen molar-refractivity contribution in [3.63, 3.8) is 0 Å². The van der Waals surface area contributed by atoms with Crippen LogP contribution in [0.25, 0.3) is 0 Å². The van der Waals surface area contributed by atoms with Crippen LogP contribution in [0.5, 0.6) is 0 Å². The van der Waals surface area contributed by atoms with Gasteiger partial charge in [0.05, 0.1) is 0 Å². The molecule has 1 rings (SSSR count). The number of benzene rings is 1. The summed E-state index contributed by atoms with van der Waals surface area (Å²) < 4.78 is 0. The number of carboxylic acids is 1. The first-order valence-electron chi connectivity index (χ1n) is 5.06. The van der Waals surface area contributed by atoms with Crippen molar-refractivity contribution in [1.82, 2.24) is 5.32 Å². The summed E-state index contributed by atoms with van der Waals surface area (Å²) in [6.45, 7) is 6.19. The molecular weight excluding hydrogens is 190 g/mol. The highest BCUT2D eigenvalue weighted by atomic mass is 16.4. The van der Waals surface area contributed by atoms with Gasteiger partial charge in [-0.2, -0.15) is 0 Å². The molecule has 82 valence electrons. The Labute approximate surface area is 90.1 Å². The zero-order chi connectivity index (χ0) is 11.5. The lowest BCUT2D eigenvalue weighted by molar-refractivity contribution is -0.144. The van der Waals surface area contributed by atoms with Crippen LogP contribution in [0.4, 0.5) is 0 Å². The molecule has 2 N–H and O–H groups in total. The molecule has 0 aliphatic heterocycles. The second kappa shape index (κ2) is 4.45. The van der Waals surface area contributed by atoms with Crippen molar-refractivity contribution in [3.8, 4) is 0 Å². The van der Waals surface area contributed by atoms with Crippen molar-refractivity contribution in [2.45, 2.75) is 26.3 Å². The van der Waals surface area contributed by atoms with Gasteiger partial charge in [0.2, 0.25) is 0 Å². The summed E-state index contributed by atoms with van der Waals surface area (Å²) in [5, 5.41) is 12.2. The summed E-state index contributed by atoms with van der Waals surface area (Å²) in [7, 11) is 0. The molecule has 0 spiro atoms. The van der Waals surface area contributed by atoms with Crippen molar-refractivity contribution in [3.05, 3.63) is 35.4 Å². The summed E-state index contributed by atoms with van der Waals surface area (Å²) in [5.74, 6) is -0.854. The first-order chi connectivity index (χ1) is 7.00. The largest absolute Gasteiger partial charge is 0.480 e. The van der Waals surface area contributed by atoms with E-state index < -0.39 is 11.5 Å². The number of rotatable bonds is 4. The highest BCUT2D eigenvalue weighted by Gasteiger charge is 2.33. The molecule has 15 heavy (non-hydrogen) atoms. The Morgan fingerprint density at radius 3 is 2.33 bits per heavy atom. The van der Waals surface area contributed by atoms with E-state index in [9.17, 15) is 9.90 Å². The number of aryl methyl sites for hydroxylation is 1. The third-order valence-corrected chi connectivity index (χ3v) is 2.59. The maximum absolute atomic E-state index is 11.2. The molecule has 0 radical (unpaired) electrons. The molecule has 0 heterocycles. The minimum atomic E-state index is -0.998. The first-order valence-corrected chi connectivity index (χ1v) is 5.06. The van der Waals surface area contributed by atoms with Gasteiger partial charge in [-0.1, -0.05) is 36.8 Å². The van der Waals surface area contributed by atoms with Gasteiger partial charge in [0.25, 0.3) is 0 Å². The molecule has 0 amide bonds. The zero-order valence-electron chi connectivity index (χ0n) is 9.37. The van der Waals surface area contributed by atoms with Gasteiger partial charge in [-0.05, 0) is 26.0 Å². The molecule has 0 saturated heterocycles. The van der Waals surface area contributed by atoms with Gasteiger partial charge in [-0.3, -0.25) is 5.32 Å². The quantitative estimate of drug-likeness (QED) is 0.792. The van der Waals surface area contributed by atoms with Gasteiger partial charge < -0.3 is 5.11 Å². The van der Waals surface area contributed by atoms with Crippen LogP contribution in [0.1, 0.15) is 25.0 Å². The summed E-state index contributed by atoms with van der Waals surface area (Å²) in [5.41, 5.74) is 0.910. The van der Waals surface area contributed by atoms with E-state index in [0.29, 0.717) is 6.54 Å². The van der Waals surface area contributed by atoms with Gasteiger partial charge in [-0.15, -0.1) is 0 Å². The third kappa shape index (κ3) is 2.36. The fourth-order valence-corrected chi connectivity index (χ4v) is 1.54. The molecule has 3 heteroatoms. The van der Waals surface area contributed by atoms with E-state index >= 15 is 0 Å². The fourth-order valence-electron chi connectivity index (χ4n) is 1.54. The molecule has 0 fully saturated rings. The topological polar surface area (TPSA) is 49.3 Å². The van der Waals surface area contributed by atoms with Gasteiger partial charge >= 0.3 is 5.97 Å². The Hall–Kier alpha value is -1.35. The zero-order valence-corrected chi connectivity index (χ0v) is 9.37. The third-order valence-electron chi connectivity index (χ3n) is 2.59. The number of carboxylic acid groups (broad SMARTS) is 1. The van der Waals surface area contributed by atoms with E-state index in [1.807, 2.05) is 38.1 Å². The average molecular weight is 207 g/mol. The SMILES string of the molecule is CCNC(C)(C(=O)O)c1ccc(C)cc1. The normalized spacial score (nSPS) is 14.6. The predicted molar refractivity (Wildman–Crippen MR) is 59.8 cm³/mol. The van der Waals surface area contributed by atoms with Gasteiger partial charge in [0.1, 0.15) is 5.54 Å². The Morgan fingerprint density at radius 1 is 1.40 bits per heavy atom. The summed E-state index contributed by atoms with van der Waals surface area (Å²) >= 11 is 0. The van der Waals surface area contributed by atoms with E-state index in [2.05, 4.69) is 5.32 Å². The molecule has 3 nitrogen and oxygen atoms in total. The molecule has 0 aliphatic rings. The second-order valence-corrected chi connectivity index (χ2v) is 3.83. The Morgan fingerprint density at radius 2 is 1.93 bits per heavy atom. The highest BCUT2D eigenvalue weighted by molar-refractivity contribution is 5.80. The number of hydrogen-bond donors (Lipinski definition) is 2. The van der Waals surface area contributed by atoms with Gasteiger partial charge in [-0.25, -0.2) is 4.79 Å². The van der Waals surface area contributed by atoms with E-state index in [-0.39, 0.29) is 0 Å². The molecule has 0 aromatic heterocycles. The van der Waals surface area contributed by atoms with Crippen LogP contribution in [-0.4, -0.2) is 17.6 Å². The first kappa shape index (κ1) is 11.7. The van der Waals surface area contributed by atoms with Crippen molar-refractivity contribution < 1.29 is 9.90 Å². The van der Waals surface area contributed by atoms with Crippen molar-refractivity contribution >= 4 is 5.97 Å². The minimum absolute atomic E-state index is 0.622. The lowest BCUT2D eigenvalue weighted by Crippen LogP contribution is -2.46. The molecule has 0 aliphatic carbocycles. The van der Waals surface area contributed by atoms with Crippen LogP contribution in [0.3, 0.4) is 0 Å². The summed E-state index contributed by atoms with van der Waals surface area (Å²) in [6, 6.07) is 7.56. The van der Waals surface area contributed by atoms with Crippen molar-refractivity contribution in [2.75, 3.05) is 6.54 Å². The van der Waals surface area contributed by atoms with Crippen LogP contribution in [0, 0.1) is 6.92 Å². The number of likely N-dealkylation sites (N-methyl/N-ethyl adjacent to an activating group) is 1. The van der Waals surface area contributed by atoms with Crippen LogP contribution >= 0.6 is 0 Å². The smallest absolute Gasteiger partial charge is 0.328 e. The van der Waals surface area contributed by atoms with Gasteiger partial charge in [0, 0.05) is 0 Å². The van der Waals surface area contributed by atoms with Crippen LogP contribution in [-0.2, 0) is 10.3 Å². The predicted octanol–water partition coefficient (Wildman–Crippen LogP) is 1.90.